The zero-order valence-corrected chi connectivity index (χ0v) is 6.79. The van der Waals surface area contributed by atoms with Crippen molar-refractivity contribution in [3.63, 3.8) is 0 Å². The van der Waals surface area contributed by atoms with Crippen LogP contribution >= 0.6 is 15.9 Å². The summed E-state index contributed by atoms with van der Waals surface area (Å²) >= 11 is 3.31. The lowest BCUT2D eigenvalue weighted by atomic mass is 10.2. The zero-order chi connectivity index (χ0) is 6.41. The van der Waals surface area contributed by atoms with Gasteiger partial charge in [-0.3, -0.25) is 0 Å². The number of nitrogens with one attached hydrogen (secondary N) is 1. The second-order valence-corrected chi connectivity index (χ2v) is 2.54. The van der Waals surface area contributed by atoms with Crippen molar-refractivity contribution >= 4 is 21.6 Å². The molecule has 0 bridgehead atoms. The van der Waals surface area contributed by atoms with Crippen molar-refractivity contribution in [1.82, 2.24) is 0 Å². The fourth-order valence-electron chi connectivity index (χ4n) is 0.457. The summed E-state index contributed by atoms with van der Waals surface area (Å²) in [4.78, 5) is 0. The highest BCUT2D eigenvalue weighted by Crippen LogP contribution is 1.97. The molecule has 0 spiro atoms. The van der Waals surface area contributed by atoms with Gasteiger partial charge < -0.3 is 5.41 Å². The van der Waals surface area contributed by atoms with E-state index in [1.807, 2.05) is 6.92 Å². The van der Waals surface area contributed by atoms with E-state index < -0.39 is 0 Å². The van der Waals surface area contributed by atoms with Crippen LogP contribution in [0.15, 0.2) is 0 Å². The highest BCUT2D eigenvalue weighted by Gasteiger charge is 1.89. The van der Waals surface area contributed by atoms with Gasteiger partial charge in [-0.05, 0) is 19.3 Å². The molecule has 0 fully saturated rings. The third kappa shape index (κ3) is 4.31. The summed E-state index contributed by atoms with van der Waals surface area (Å²) < 4.78 is 0. The van der Waals surface area contributed by atoms with Gasteiger partial charge in [0, 0.05) is 11.0 Å². The van der Waals surface area contributed by atoms with Gasteiger partial charge in [0.25, 0.3) is 0 Å². The van der Waals surface area contributed by atoms with Crippen LogP contribution in [0, 0.1) is 5.41 Å². The standard InChI is InChI=1S/C6H12BrN/c1-2-6(8)4-3-5-7/h8H,2-5H2,1H3. The summed E-state index contributed by atoms with van der Waals surface area (Å²) in [6, 6.07) is 0. The Morgan fingerprint density at radius 3 is 2.62 bits per heavy atom. The van der Waals surface area contributed by atoms with Crippen LogP contribution in [0.1, 0.15) is 26.2 Å². The molecule has 0 heterocycles. The number of hydrogen-bond donors (Lipinski definition) is 1. The van der Waals surface area contributed by atoms with Crippen LogP contribution < -0.4 is 0 Å². The highest BCUT2D eigenvalue weighted by atomic mass is 79.9. The highest BCUT2D eigenvalue weighted by molar-refractivity contribution is 9.09. The van der Waals surface area contributed by atoms with E-state index >= 15 is 0 Å². The molecule has 0 saturated carbocycles. The van der Waals surface area contributed by atoms with Crippen molar-refractivity contribution in [2.24, 2.45) is 0 Å². The maximum Gasteiger partial charge on any atom is 0.00867 e. The van der Waals surface area contributed by atoms with Crippen molar-refractivity contribution in [3.8, 4) is 0 Å². The van der Waals surface area contributed by atoms with E-state index in [9.17, 15) is 0 Å². The summed E-state index contributed by atoms with van der Waals surface area (Å²) in [5, 5.41) is 8.24. The molecule has 0 saturated heterocycles. The Bertz CT molecular complexity index is 70.9. The van der Waals surface area contributed by atoms with Gasteiger partial charge in [0.05, 0.1) is 0 Å². The summed E-state index contributed by atoms with van der Waals surface area (Å²) in [6.45, 7) is 2.02. The minimum atomic E-state index is 0.865. The quantitative estimate of drug-likeness (QED) is 0.505. The molecule has 0 aliphatic carbocycles. The molecule has 0 aliphatic heterocycles. The summed E-state index contributed by atoms with van der Waals surface area (Å²) in [5.74, 6) is 0. The number of rotatable bonds is 4. The van der Waals surface area contributed by atoms with E-state index in [-0.39, 0.29) is 0 Å². The first-order valence-electron chi connectivity index (χ1n) is 2.93. The van der Waals surface area contributed by atoms with E-state index in [4.69, 9.17) is 5.41 Å². The smallest absolute Gasteiger partial charge is 0.00867 e. The normalized spacial score (nSPS) is 9.25. The first kappa shape index (κ1) is 8.15. The van der Waals surface area contributed by atoms with Crippen molar-refractivity contribution in [2.75, 3.05) is 5.33 Å². The molecule has 1 nitrogen and oxygen atoms in total. The first-order chi connectivity index (χ1) is 3.81. The SMILES string of the molecule is CCC(=N)CCCBr. The average molecular weight is 178 g/mol. The number of alkyl halides is 1. The maximum absolute atomic E-state index is 7.22. The molecule has 0 unspecified atom stereocenters. The molecule has 0 aliphatic rings. The molecule has 1 N–H and O–H groups in total. The second-order valence-electron chi connectivity index (χ2n) is 1.75. The van der Waals surface area contributed by atoms with Gasteiger partial charge in [-0.2, -0.15) is 0 Å². The summed E-state index contributed by atoms with van der Waals surface area (Å²) in [7, 11) is 0. The average Bonchev–Trinajstić information content (AvgIpc) is 1.83. The molecule has 2 heteroatoms. The lowest BCUT2D eigenvalue weighted by molar-refractivity contribution is 0.976. The number of halogens is 1. The van der Waals surface area contributed by atoms with Crippen molar-refractivity contribution in [3.05, 3.63) is 0 Å². The minimum Gasteiger partial charge on any atom is -0.310 e. The predicted molar refractivity (Wildman–Crippen MR) is 41.0 cm³/mol. The lowest BCUT2D eigenvalue weighted by Gasteiger charge is -1.94. The van der Waals surface area contributed by atoms with Gasteiger partial charge in [0.2, 0.25) is 0 Å². The molecular weight excluding hydrogens is 166 g/mol. The van der Waals surface area contributed by atoms with Gasteiger partial charge in [0.1, 0.15) is 0 Å². The Labute approximate surface area is 59.1 Å². The largest absolute Gasteiger partial charge is 0.310 e. The zero-order valence-electron chi connectivity index (χ0n) is 5.21. The summed E-state index contributed by atoms with van der Waals surface area (Å²) in [6.07, 6.45) is 2.97. The minimum absolute atomic E-state index is 0.865. The van der Waals surface area contributed by atoms with E-state index in [1.54, 1.807) is 0 Å². The third-order valence-corrected chi connectivity index (χ3v) is 1.60. The Balaban J connectivity index is 2.99. The lowest BCUT2D eigenvalue weighted by Crippen LogP contribution is -1.92. The van der Waals surface area contributed by atoms with E-state index in [0.717, 1.165) is 30.3 Å². The monoisotopic (exact) mass is 177 g/mol. The molecule has 0 atom stereocenters. The van der Waals surface area contributed by atoms with E-state index in [0.29, 0.717) is 0 Å². The van der Waals surface area contributed by atoms with Crippen molar-refractivity contribution < 1.29 is 0 Å². The van der Waals surface area contributed by atoms with Crippen LogP contribution in [0.3, 0.4) is 0 Å². The first-order valence-corrected chi connectivity index (χ1v) is 4.05. The van der Waals surface area contributed by atoms with Crippen LogP contribution in [-0.2, 0) is 0 Å². The van der Waals surface area contributed by atoms with Gasteiger partial charge >= 0.3 is 0 Å². The Morgan fingerprint density at radius 2 is 2.25 bits per heavy atom. The Morgan fingerprint density at radius 1 is 1.62 bits per heavy atom. The van der Waals surface area contributed by atoms with Gasteiger partial charge in [-0.25, -0.2) is 0 Å². The van der Waals surface area contributed by atoms with Crippen molar-refractivity contribution in [2.45, 2.75) is 26.2 Å². The maximum atomic E-state index is 7.22. The summed E-state index contributed by atoms with van der Waals surface area (Å²) in [5.41, 5.74) is 0.865. The molecule has 0 rings (SSSR count). The molecule has 48 valence electrons. The molecule has 0 aromatic carbocycles. The third-order valence-electron chi connectivity index (χ3n) is 1.04. The van der Waals surface area contributed by atoms with Crippen LogP contribution in [0.5, 0.6) is 0 Å². The topological polar surface area (TPSA) is 23.9 Å². The molecule has 0 aromatic heterocycles. The van der Waals surface area contributed by atoms with Crippen LogP contribution in [0.25, 0.3) is 0 Å². The molecule has 0 radical (unpaired) electrons. The molecule has 8 heavy (non-hydrogen) atoms. The van der Waals surface area contributed by atoms with Crippen LogP contribution in [-0.4, -0.2) is 11.0 Å². The molecule has 0 amide bonds. The Kier molecular flexibility index (Phi) is 5.39. The van der Waals surface area contributed by atoms with E-state index in [2.05, 4.69) is 15.9 Å². The van der Waals surface area contributed by atoms with Crippen LogP contribution in [0.4, 0.5) is 0 Å². The van der Waals surface area contributed by atoms with Gasteiger partial charge in [-0.15, -0.1) is 0 Å². The van der Waals surface area contributed by atoms with Crippen LogP contribution in [0.2, 0.25) is 0 Å². The van der Waals surface area contributed by atoms with Gasteiger partial charge in [0.15, 0.2) is 0 Å². The fourth-order valence-corrected chi connectivity index (χ4v) is 0.737. The van der Waals surface area contributed by atoms with E-state index in [1.165, 1.54) is 0 Å². The predicted octanol–water partition coefficient (Wildman–Crippen LogP) is 2.59. The van der Waals surface area contributed by atoms with Gasteiger partial charge in [-0.1, -0.05) is 22.9 Å². The number of hydrogen-bond acceptors (Lipinski definition) is 1. The molecular formula is C6H12BrN. The molecule has 0 aromatic rings. The fraction of sp³-hybridized carbons (Fsp3) is 0.833. The van der Waals surface area contributed by atoms with Crippen molar-refractivity contribution in [1.29, 1.82) is 5.41 Å². The second kappa shape index (κ2) is 5.29. The Hall–Kier alpha value is 0.150.